The molecule has 0 heterocycles. The molecule has 2 aromatic carbocycles. The molecule has 2 aromatic rings. The van der Waals surface area contributed by atoms with Gasteiger partial charge < -0.3 is 4.43 Å². The van der Waals surface area contributed by atoms with Crippen LogP contribution in [0.5, 0.6) is 5.75 Å². The molecule has 2 rings (SSSR count). The van der Waals surface area contributed by atoms with E-state index < -0.39 is 8.32 Å². The Kier molecular flexibility index (Phi) is 4.57. The van der Waals surface area contributed by atoms with Crippen LogP contribution in [0.4, 0.5) is 0 Å². The maximum atomic E-state index is 11.3. The predicted octanol–water partition coefficient (Wildman–Crippen LogP) is 5.55. The molecular formula is C19H24O2Si. The van der Waals surface area contributed by atoms with Crippen molar-refractivity contribution in [1.29, 1.82) is 0 Å². The summed E-state index contributed by atoms with van der Waals surface area (Å²) in [5, 5.41) is 0.0932. The lowest BCUT2D eigenvalue weighted by atomic mass is 10.0. The lowest BCUT2D eigenvalue weighted by Gasteiger charge is -2.36. The van der Waals surface area contributed by atoms with E-state index in [9.17, 15) is 4.79 Å². The monoisotopic (exact) mass is 312 g/mol. The minimum absolute atomic E-state index is 0.0932. The van der Waals surface area contributed by atoms with Crippen LogP contribution < -0.4 is 4.43 Å². The largest absolute Gasteiger partial charge is 0.543 e. The zero-order valence-corrected chi connectivity index (χ0v) is 15.0. The molecular weight excluding hydrogens is 288 g/mol. The fourth-order valence-electron chi connectivity index (χ4n) is 1.96. The highest BCUT2D eigenvalue weighted by molar-refractivity contribution is 6.74. The molecule has 116 valence electrons. The van der Waals surface area contributed by atoms with E-state index in [0.29, 0.717) is 11.3 Å². The predicted molar refractivity (Wildman–Crippen MR) is 95.1 cm³/mol. The first-order chi connectivity index (χ1) is 10.2. The minimum atomic E-state index is -1.98. The Labute approximate surface area is 134 Å². The highest BCUT2D eigenvalue weighted by atomic mass is 28.4. The Bertz CT molecular complexity index is 655. The molecule has 0 radical (unpaired) electrons. The van der Waals surface area contributed by atoms with Crippen LogP contribution in [0.3, 0.4) is 0 Å². The van der Waals surface area contributed by atoms with E-state index >= 15 is 0 Å². The number of rotatable bonds is 4. The second kappa shape index (κ2) is 6.09. The SMILES string of the molecule is CC(C)(C)[Si](C)(C)Oc1cc(-c2ccccc2)ccc1C=O. The Hall–Kier alpha value is -1.87. The van der Waals surface area contributed by atoms with E-state index in [1.807, 2.05) is 36.4 Å². The van der Waals surface area contributed by atoms with Crippen LogP contribution in [0.15, 0.2) is 48.5 Å². The van der Waals surface area contributed by atoms with Gasteiger partial charge in [0.25, 0.3) is 8.32 Å². The average molecular weight is 312 g/mol. The molecule has 0 fully saturated rings. The van der Waals surface area contributed by atoms with Crippen molar-refractivity contribution in [3.63, 3.8) is 0 Å². The topological polar surface area (TPSA) is 26.3 Å². The van der Waals surface area contributed by atoms with Crippen molar-refractivity contribution >= 4 is 14.6 Å². The third kappa shape index (κ3) is 3.47. The van der Waals surface area contributed by atoms with Gasteiger partial charge in [-0.2, -0.15) is 0 Å². The number of benzene rings is 2. The van der Waals surface area contributed by atoms with Gasteiger partial charge in [-0.25, -0.2) is 0 Å². The lowest BCUT2D eigenvalue weighted by molar-refractivity contribution is 0.112. The molecule has 0 aliphatic carbocycles. The highest BCUT2D eigenvalue weighted by Crippen LogP contribution is 2.39. The fraction of sp³-hybridized carbons (Fsp3) is 0.316. The number of hydrogen-bond acceptors (Lipinski definition) is 2. The molecule has 22 heavy (non-hydrogen) atoms. The van der Waals surface area contributed by atoms with Crippen molar-refractivity contribution in [1.82, 2.24) is 0 Å². The molecule has 2 nitrogen and oxygen atoms in total. The molecule has 3 heteroatoms. The summed E-state index contributed by atoms with van der Waals surface area (Å²) in [6.45, 7) is 11.0. The van der Waals surface area contributed by atoms with Crippen LogP contribution in [0.25, 0.3) is 11.1 Å². The molecule has 0 spiro atoms. The van der Waals surface area contributed by atoms with E-state index in [2.05, 4.69) is 46.0 Å². The molecule has 0 amide bonds. The average Bonchev–Trinajstić information content (AvgIpc) is 2.46. The van der Waals surface area contributed by atoms with Gasteiger partial charge in [0.05, 0.1) is 5.56 Å². The molecule has 0 bridgehead atoms. The molecule has 0 aromatic heterocycles. The summed E-state index contributed by atoms with van der Waals surface area (Å²) in [4.78, 5) is 11.3. The van der Waals surface area contributed by atoms with Crippen LogP contribution in [0.1, 0.15) is 31.1 Å². The molecule has 0 aliphatic heterocycles. The summed E-state index contributed by atoms with van der Waals surface area (Å²) in [6, 6.07) is 15.9. The lowest BCUT2D eigenvalue weighted by Crippen LogP contribution is -2.44. The molecule has 0 N–H and O–H groups in total. The second-order valence-electron chi connectivity index (χ2n) is 7.10. The van der Waals surface area contributed by atoms with Crippen molar-refractivity contribution in [2.24, 2.45) is 0 Å². The number of aldehydes is 1. The van der Waals surface area contributed by atoms with Crippen molar-refractivity contribution in [3.05, 3.63) is 54.1 Å². The van der Waals surface area contributed by atoms with Crippen LogP contribution >= 0.6 is 0 Å². The Morgan fingerprint density at radius 3 is 2.14 bits per heavy atom. The summed E-state index contributed by atoms with van der Waals surface area (Å²) in [7, 11) is -1.98. The van der Waals surface area contributed by atoms with Crippen molar-refractivity contribution in [2.75, 3.05) is 0 Å². The summed E-state index contributed by atoms with van der Waals surface area (Å²) in [6.07, 6.45) is 0.872. The number of carbonyl (C=O) groups excluding carboxylic acids is 1. The van der Waals surface area contributed by atoms with E-state index in [0.717, 1.165) is 17.4 Å². The molecule has 0 saturated carbocycles. The van der Waals surface area contributed by atoms with Gasteiger partial charge in [-0.3, -0.25) is 4.79 Å². The Morgan fingerprint density at radius 2 is 1.59 bits per heavy atom. The van der Waals surface area contributed by atoms with E-state index in [4.69, 9.17) is 4.43 Å². The zero-order chi connectivity index (χ0) is 16.4. The van der Waals surface area contributed by atoms with Crippen LogP contribution in [0.2, 0.25) is 18.1 Å². The number of hydrogen-bond donors (Lipinski definition) is 0. The summed E-state index contributed by atoms with van der Waals surface area (Å²) < 4.78 is 6.36. The van der Waals surface area contributed by atoms with Gasteiger partial charge >= 0.3 is 0 Å². The first-order valence-electron chi connectivity index (χ1n) is 7.58. The second-order valence-corrected chi connectivity index (χ2v) is 11.8. The van der Waals surface area contributed by atoms with Crippen molar-refractivity contribution in [2.45, 2.75) is 38.9 Å². The zero-order valence-electron chi connectivity index (χ0n) is 14.0. The normalized spacial score (nSPS) is 12.0. The molecule has 0 aliphatic rings. The molecule has 0 saturated heterocycles. The van der Waals surface area contributed by atoms with Crippen LogP contribution in [-0.4, -0.2) is 14.6 Å². The van der Waals surface area contributed by atoms with Gasteiger partial charge in [0.2, 0.25) is 0 Å². The van der Waals surface area contributed by atoms with E-state index in [1.54, 1.807) is 0 Å². The minimum Gasteiger partial charge on any atom is -0.543 e. The van der Waals surface area contributed by atoms with Crippen molar-refractivity contribution < 1.29 is 9.22 Å². The van der Waals surface area contributed by atoms with Gasteiger partial charge in [0, 0.05) is 0 Å². The maximum Gasteiger partial charge on any atom is 0.250 e. The Morgan fingerprint density at radius 1 is 0.955 bits per heavy atom. The smallest absolute Gasteiger partial charge is 0.250 e. The molecule has 0 unspecified atom stereocenters. The van der Waals surface area contributed by atoms with E-state index in [1.165, 1.54) is 0 Å². The van der Waals surface area contributed by atoms with Gasteiger partial charge in [-0.1, -0.05) is 57.2 Å². The summed E-state index contributed by atoms with van der Waals surface area (Å²) >= 11 is 0. The summed E-state index contributed by atoms with van der Waals surface area (Å²) in [5.74, 6) is 0.697. The Balaban J connectivity index is 2.44. The molecule has 0 atom stereocenters. The van der Waals surface area contributed by atoms with Gasteiger partial charge in [-0.05, 0) is 41.4 Å². The number of carbonyl (C=O) groups is 1. The van der Waals surface area contributed by atoms with Gasteiger partial charge in [0.15, 0.2) is 6.29 Å². The standard InChI is InChI=1S/C19H24O2Si/c1-19(2,3)22(4,5)21-18-13-16(11-12-17(18)14-20)15-9-7-6-8-10-15/h6-14H,1-5H3. The summed E-state index contributed by atoms with van der Waals surface area (Å²) in [5.41, 5.74) is 2.81. The van der Waals surface area contributed by atoms with Gasteiger partial charge in [0.1, 0.15) is 5.75 Å². The third-order valence-electron chi connectivity index (χ3n) is 4.42. The van der Waals surface area contributed by atoms with Gasteiger partial charge in [-0.15, -0.1) is 0 Å². The fourth-order valence-corrected chi connectivity index (χ4v) is 2.99. The van der Waals surface area contributed by atoms with Crippen LogP contribution in [0, 0.1) is 0 Å². The first-order valence-corrected chi connectivity index (χ1v) is 10.5. The quantitative estimate of drug-likeness (QED) is 0.546. The van der Waals surface area contributed by atoms with Crippen molar-refractivity contribution in [3.8, 4) is 16.9 Å². The van der Waals surface area contributed by atoms with E-state index in [-0.39, 0.29) is 5.04 Å². The highest BCUT2D eigenvalue weighted by Gasteiger charge is 2.39. The maximum absolute atomic E-state index is 11.3. The van der Waals surface area contributed by atoms with Crippen LogP contribution in [-0.2, 0) is 0 Å². The third-order valence-corrected chi connectivity index (χ3v) is 8.76. The first kappa shape index (κ1) is 16.5.